The van der Waals surface area contributed by atoms with E-state index < -0.39 is 21.6 Å². The van der Waals surface area contributed by atoms with E-state index in [1.807, 2.05) is 6.92 Å². The van der Waals surface area contributed by atoms with Gasteiger partial charge in [0, 0.05) is 13.0 Å². The number of rotatable bonds is 5. The normalized spacial score (nSPS) is 21.8. The van der Waals surface area contributed by atoms with Crippen molar-refractivity contribution in [2.75, 3.05) is 11.3 Å². The number of alkyl halides is 1. The summed E-state index contributed by atoms with van der Waals surface area (Å²) in [6.07, 6.45) is 0.240. The Kier molecular flexibility index (Phi) is 5.73. The predicted molar refractivity (Wildman–Crippen MR) is 111 cm³/mol. The molecule has 0 amide bonds. The van der Waals surface area contributed by atoms with Crippen LogP contribution in [0, 0.1) is 12.3 Å². The number of aryl methyl sites for hydroxylation is 1. The largest absolute Gasteiger partial charge is 0.344 e. The molecule has 2 N–H and O–H groups in total. The fourth-order valence-electron chi connectivity index (χ4n) is 3.20. The van der Waals surface area contributed by atoms with Crippen LogP contribution in [0.2, 0.25) is 5.02 Å². The summed E-state index contributed by atoms with van der Waals surface area (Å²) >= 11 is 6.24. The second-order valence-corrected chi connectivity index (χ2v) is 9.09. The maximum atomic E-state index is 14.2. The van der Waals surface area contributed by atoms with Gasteiger partial charge in [-0.15, -0.1) is 0 Å². The van der Waals surface area contributed by atoms with Crippen molar-refractivity contribution in [2.24, 2.45) is 0 Å². The number of hydrogen-bond donors (Lipinski definition) is 2. The molecule has 1 aliphatic heterocycles. The van der Waals surface area contributed by atoms with Gasteiger partial charge in [-0.2, -0.15) is 0 Å². The topological polar surface area (TPSA) is 90.3 Å². The molecule has 2 radical (unpaired) electrons. The third-order valence-electron chi connectivity index (χ3n) is 4.65. The molecule has 150 valence electrons. The van der Waals surface area contributed by atoms with Crippen LogP contribution in [0.25, 0.3) is 0 Å². The van der Waals surface area contributed by atoms with Crippen molar-refractivity contribution in [1.82, 2.24) is 4.90 Å². The number of nitrogens with zero attached hydrogens (tertiary/aromatic N) is 1. The first-order valence-electron chi connectivity index (χ1n) is 8.71. The number of carbonyl (C=O) groups is 1. The first-order chi connectivity index (χ1) is 13.5. The van der Waals surface area contributed by atoms with Crippen LogP contribution in [0.3, 0.4) is 0 Å². The molecule has 6 nitrogen and oxygen atoms in total. The van der Waals surface area contributed by atoms with Gasteiger partial charge in [0.25, 0.3) is 10.0 Å². The fourth-order valence-corrected chi connectivity index (χ4v) is 4.54. The minimum atomic E-state index is -3.96. The van der Waals surface area contributed by atoms with E-state index in [0.717, 1.165) is 5.56 Å². The molecule has 1 aliphatic rings. The number of carbonyl (C=O) groups excluding carboxylic acids is 1. The minimum Gasteiger partial charge on any atom is -0.344 e. The van der Waals surface area contributed by atoms with Crippen LogP contribution in [0.1, 0.15) is 17.5 Å². The number of aldehydes is 1. The Hall–Kier alpha value is -2.39. The molecule has 2 aromatic carbocycles. The van der Waals surface area contributed by atoms with Gasteiger partial charge in [0.1, 0.15) is 20.0 Å². The molecule has 10 heteroatoms. The highest BCUT2D eigenvalue weighted by Gasteiger charge is 2.42. The maximum Gasteiger partial charge on any atom is 0.261 e. The van der Waals surface area contributed by atoms with Gasteiger partial charge in [-0.25, -0.2) is 8.42 Å². The first-order valence-corrected chi connectivity index (χ1v) is 10.6. The number of benzene rings is 2. The summed E-state index contributed by atoms with van der Waals surface area (Å²) in [6, 6.07) is 9.74. The summed E-state index contributed by atoms with van der Waals surface area (Å²) in [7, 11) is 1.55. The van der Waals surface area contributed by atoms with Gasteiger partial charge in [-0.05, 0) is 31.2 Å². The van der Waals surface area contributed by atoms with Crippen LogP contribution in [-0.2, 0) is 14.8 Å². The number of sulfonamides is 1. The van der Waals surface area contributed by atoms with E-state index in [9.17, 15) is 17.6 Å². The van der Waals surface area contributed by atoms with E-state index in [1.165, 1.54) is 35.2 Å². The molecule has 2 unspecified atom stereocenters. The monoisotopic (exact) mass is 433 g/mol. The number of halogens is 2. The predicted octanol–water partition coefficient (Wildman–Crippen LogP) is 2.88. The summed E-state index contributed by atoms with van der Waals surface area (Å²) in [6.45, 7) is 1.45. The second kappa shape index (κ2) is 7.80. The Balaban J connectivity index is 1.99. The van der Waals surface area contributed by atoms with Crippen molar-refractivity contribution in [3.63, 3.8) is 0 Å². The van der Waals surface area contributed by atoms with Gasteiger partial charge < -0.3 is 9.69 Å². The Morgan fingerprint density at radius 1 is 1.34 bits per heavy atom. The van der Waals surface area contributed by atoms with Crippen LogP contribution in [-0.4, -0.2) is 51.4 Å². The maximum absolute atomic E-state index is 14.2. The summed E-state index contributed by atoms with van der Waals surface area (Å²) in [5.41, 5.74) is -1.16. The first kappa shape index (κ1) is 21.3. The average Bonchev–Trinajstić information content (AvgIpc) is 2.96. The molecule has 1 saturated heterocycles. The van der Waals surface area contributed by atoms with Crippen molar-refractivity contribution < 1.29 is 17.6 Å². The van der Waals surface area contributed by atoms with Crippen LogP contribution < -0.4 is 4.72 Å². The van der Waals surface area contributed by atoms with Crippen molar-refractivity contribution in [2.45, 2.75) is 29.8 Å². The zero-order valence-corrected chi connectivity index (χ0v) is 17.1. The number of anilines is 1. The zero-order chi connectivity index (χ0) is 21.4. The third kappa shape index (κ3) is 4.46. The molecule has 0 aliphatic carbocycles. The van der Waals surface area contributed by atoms with Gasteiger partial charge >= 0.3 is 0 Å². The standard InChI is InChI=1S/C19H18BClFN3O3S/c1-12-5-7-14(8-6-12)29(27,28)24-16-4-2-3-15(21)17(16)18(23)25-11-19(20,22)9-13(25)10-26/h2-8,10,13,23-24H,9,11H2,1H3. The quantitative estimate of drug-likeness (QED) is 0.328. The molecule has 0 bridgehead atoms. The lowest BCUT2D eigenvalue weighted by molar-refractivity contribution is -0.110. The van der Waals surface area contributed by atoms with Crippen molar-refractivity contribution in [3.05, 3.63) is 58.6 Å². The van der Waals surface area contributed by atoms with Gasteiger partial charge in [-0.3, -0.25) is 14.5 Å². The molecule has 1 heterocycles. The van der Waals surface area contributed by atoms with E-state index in [1.54, 1.807) is 12.1 Å². The van der Waals surface area contributed by atoms with Crippen molar-refractivity contribution in [1.29, 1.82) is 5.41 Å². The minimum absolute atomic E-state index is 0.0365. The Bertz CT molecular complexity index is 1060. The van der Waals surface area contributed by atoms with E-state index in [-0.39, 0.29) is 40.0 Å². The molecular weight excluding hydrogens is 416 g/mol. The van der Waals surface area contributed by atoms with Gasteiger partial charge in [0.2, 0.25) is 0 Å². The summed E-state index contributed by atoms with van der Waals surface area (Å²) in [5, 5.41) is 8.57. The van der Waals surface area contributed by atoms with Gasteiger partial charge in [0.15, 0.2) is 0 Å². The number of hydrogen-bond acceptors (Lipinski definition) is 4. The molecule has 29 heavy (non-hydrogen) atoms. The van der Waals surface area contributed by atoms with E-state index >= 15 is 0 Å². The molecular formula is C19H18BClFN3O3S. The lowest BCUT2D eigenvalue weighted by Crippen LogP contribution is -2.38. The highest BCUT2D eigenvalue weighted by Crippen LogP contribution is 2.33. The van der Waals surface area contributed by atoms with E-state index in [2.05, 4.69) is 4.72 Å². The van der Waals surface area contributed by atoms with E-state index in [4.69, 9.17) is 24.9 Å². The van der Waals surface area contributed by atoms with E-state index in [0.29, 0.717) is 6.29 Å². The van der Waals surface area contributed by atoms with Crippen molar-refractivity contribution in [3.8, 4) is 0 Å². The smallest absolute Gasteiger partial charge is 0.261 e. The van der Waals surface area contributed by atoms with Crippen molar-refractivity contribution >= 4 is 47.3 Å². The molecule has 2 aromatic rings. The number of nitrogens with one attached hydrogen (secondary N) is 2. The second-order valence-electron chi connectivity index (χ2n) is 7.00. The summed E-state index contributed by atoms with van der Waals surface area (Å²) < 4.78 is 42.2. The molecule has 3 rings (SSSR count). The Morgan fingerprint density at radius 3 is 2.62 bits per heavy atom. The Labute approximate surface area is 175 Å². The van der Waals surface area contributed by atoms with Crippen LogP contribution in [0.15, 0.2) is 47.4 Å². The SMILES string of the molecule is [B]C1(F)CC(C=O)N(C(=N)c2c(Cl)cccc2NS(=O)(=O)c2ccc(C)cc2)C1. The molecule has 0 saturated carbocycles. The van der Waals surface area contributed by atoms with Crippen LogP contribution in [0.5, 0.6) is 0 Å². The molecule has 1 fully saturated rings. The zero-order valence-electron chi connectivity index (χ0n) is 15.5. The fraction of sp³-hybridized carbons (Fsp3) is 0.263. The molecule has 2 atom stereocenters. The lowest BCUT2D eigenvalue weighted by Gasteiger charge is -2.26. The summed E-state index contributed by atoms with van der Waals surface area (Å²) in [4.78, 5) is 12.6. The average molecular weight is 434 g/mol. The number of likely N-dealkylation sites (tertiary alicyclic amines) is 1. The Morgan fingerprint density at radius 2 is 2.00 bits per heavy atom. The highest BCUT2D eigenvalue weighted by molar-refractivity contribution is 7.92. The van der Waals surface area contributed by atoms with Crippen LogP contribution in [0.4, 0.5) is 10.1 Å². The van der Waals surface area contributed by atoms with Gasteiger partial charge in [-0.1, -0.05) is 35.4 Å². The third-order valence-corrected chi connectivity index (χ3v) is 6.35. The highest BCUT2D eigenvalue weighted by atomic mass is 35.5. The molecule has 0 aromatic heterocycles. The van der Waals surface area contributed by atoms with Gasteiger partial charge in [0.05, 0.1) is 32.8 Å². The van der Waals surface area contributed by atoms with Crippen LogP contribution >= 0.6 is 11.6 Å². The molecule has 0 spiro atoms. The number of amidine groups is 1. The lowest BCUT2D eigenvalue weighted by atomic mass is 9.82. The summed E-state index contributed by atoms with van der Waals surface area (Å²) in [5.74, 6) is -0.292.